The highest BCUT2D eigenvalue weighted by Crippen LogP contribution is 2.36. The first kappa shape index (κ1) is 22.7. The standard InChI is InChI=1S/C21H18ClF2N5O4/c1-3-29(21(31)13-8-32-17(13)18(25)30)20-15(24)4-10(7-26-20)12-5-11(22)6-14(23)16(12)19-27-9(2)33-28-19/h4-7,13,17H,3,8H2,1-2H3,(H2,25,30). The van der Waals surface area contributed by atoms with Crippen molar-refractivity contribution in [3.8, 4) is 22.5 Å². The van der Waals surface area contributed by atoms with E-state index in [-0.39, 0.29) is 52.4 Å². The van der Waals surface area contributed by atoms with Gasteiger partial charge in [0.1, 0.15) is 11.9 Å². The summed E-state index contributed by atoms with van der Waals surface area (Å²) in [6.45, 7) is 3.27. The summed E-state index contributed by atoms with van der Waals surface area (Å²) in [7, 11) is 0. The number of hydrogen-bond donors (Lipinski definition) is 1. The van der Waals surface area contributed by atoms with Gasteiger partial charge in [-0.1, -0.05) is 16.8 Å². The lowest BCUT2D eigenvalue weighted by Gasteiger charge is -2.36. The monoisotopic (exact) mass is 477 g/mol. The van der Waals surface area contributed by atoms with Crippen LogP contribution in [0.5, 0.6) is 0 Å². The number of benzene rings is 1. The van der Waals surface area contributed by atoms with E-state index in [1.807, 2.05) is 0 Å². The number of hydrogen-bond acceptors (Lipinski definition) is 7. The minimum absolute atomic E-state index is 0.00207. The van der Waals surface area contributed by atoms with Crippen LogP contribution in [0.1, 0.15) is 12.8 Å². The van der Waals surface area contributed by atoms with Crippen LogP contribution in [0.4, 0.5) is 14.6 Å². The van der Waals surface area contributed by atoms with Gasteiger partial charge in [0.15, 0.2) is 11.6 Å². The Morgan fingerprint density at radius 3 is 2.58 bits per heavy atom. The summed E-state index contributed by atoms with van der Waals surface area (Å²) in [5, 5.41) is 3.81. The fourth-order valence-electron chi connectivity index (χ4n) is 3.59. The van der Waals surface area contributed by atoms with Crippen molar-refractivity contribution < 1.29 is 27.6 Å². The minimum atomic E-state index is -1.07. The number of carbonyl (C=O) groups excluding carboxylic acids is 2. The molecular weight excluding hydrogens is 460 g/mol. The highest BCUT2D eigenvalue weighted by atomic mass is 35.5. The second-order valence-corrected chi connectivity index (χ2v) is 7.76. The maximum absolute atomic E-state index is 15.2. The van der Waals surface area contributed by atoms with Gasteiger partial charge in [-0.25, -0.2) is 13.8 Å². The molecule has 3 heterocycles. The summed E-state index contributed by atoms with van der Waals surface area (Å²) >= 11 is 6.03. The highest BCUT2D eigenvalue weighted by Gasteiger charge is 2.44. The molecule has 4 rings (SSSR count). The lowest BCUT2D eigenvalue weighted by Crippen LogP contribution is -2.56. The Bertz CT molecular complexity index is 1250. The molecule has 2 atom stereocenters. The first-order valence-electron chi connectivity index (χ1n) is 9.89. The van der Waals surface area contributed by atoms with Gasteiger partial charge in [-0.05, 0) is 30.7 Å². The molecule has 1 fully saturated rings. The Morgan fingerprint density at radius 1 is 1.27 bits per heavy atom. The minimum Gasteiger partial charge on any atom is -0.367 e. The van der Waals surface area contributed by atoms with Gasteiger partial charge in [0.25, 0.3) is 0 Å². The van der Waals surface area contributed by atoms with Crippen LogP contribution >= 0.6 is 11.6 Å². The molecule has 1 saturated heterocycles. The van der Waals surface area contributed by atoms with Crippen LogP contribution in [0.15, 0.2) is 28.9 Å². The average molecular weight is 478 g/mol. The van der Waals surface area contributed by atoms with E-state index < -0.39 is 35.5 Å². The Kier molecular flexibility index (Phi) is 6.09. The van der Waals surface area contributed by atoms with Gasteiger partial charge in [-0.3, -0.25) is 14.5 Å². The third-order valence-electron chi connectivity index (χ3n) is 5.20. The average Bonchev–Trinajstić information content (AvgIpc) is 3.13. The lowest BCUT2D eigenvalue weighted by atomic mass is 9.95. The van der Waals surface area contributed by atoms with Gasteiger partial charge in [-0.2, -0.15) is 4.98 Å². The zero-order chi connectivity index (χ0) is 23.9. The van der Waals surface area contributed by atoms with Crippen molar-refractivity contribution in [2.75, 3.05) is 18.1 Å². The molecule has 1 aromatic carbocycles. The number of pyridine rings is 1. The highest BCUT2D eigenvalue weighted by molar-refractivity contribution is 6.31. The zero-order valence-electron chi connectivity index (χ0n) is 17.5. The van der Waals surface area contributed by atoms with E-state index in [2.05, 4.69) is 15.1 Å². The van der Waals surface area contributed by atoms with E-state index in [0.717, 1.165) is 17.0 Å². The maximum Gasteiger partial charge on any atom is 0.247 e. The molecule has 172 valence electrons. The topological polar surface area (TPSA) is 124 Å². The van der Waals surface area contributed by atoms with Gasteiger partial charge < -0.3 is 15.0 Å². The number of halogens is 3. The number of aromatic nitrogens is 3. The van der Waals surface area contributed by atoms with Crippen molar-refractivity contribution in [1.29, 1.82) is 0 Å². The molecule has 9 nitrogen and oxygen atoms in total. The first-order chi connectivity index (χ1) is 15.7. The molecule has 2 aromatic heterocycles. The largest absolute Gasteiger partial charge is 0.367 e. The number of ether oxygens (including phenoxy) is 1. The molecule has 33 heavy (non-hydrogen) atoms. The third-order valence-corrected chi connectivity index (χ3v) is 5.41. The van der Waals surface area contributed by atoms with Gasteiger partial charge in [0, 0.05) is 30.3 Å². The van der Waals surface area contributed by atoms with E-state index in [1.165, 1.54) is 12.3 Å². The molecule has 0 bridgehead atoms. The number of anilines is 1. The Balaban J connectivity index is 1.73. The number of primary amides is 1. The van der Waals surface area contributed by atoms with Crippen LogP contribution in [0, 0.1) is 24.5 Å². The van der Waals surface area contributed by atoms with Gasteiger partial charge in [-0.15, -0.1) is 0 Å². The van der Waals surface area contributed by atoms with E-state index >= 15 is 4.39 Å². The van der Waals surface area contributed by atoms with Crippen molar-refractivity contribution in [3.05, 3.63) is 46.9 Å². The molecule has 3 aromatic rings. The molecule has 0 radical (unpaired) electrons. The van der Waals surface area contributed by atoms with Crippen LogP contribution in [0.2, 0.25) is 5.02 Å². The van der Waals surface area contributed by atoms with Crippen LogP contribution in [0.25, 0.3) is 22.5 Å². The molecule has 0 spiro atoms. The summed E-state index contributed by atoms with van der Waals surface area (Å²) in [6.07, 6.45) is 0.211. The molecule has 2 amide bonds. The third kappa shape index (κ3) is 4.16. The van der Waals surface area contributed by atoms with E-state index in [9.17, 15) is 14.0 Å². The summed E-state index contributed by atoms with van der Waals surface area (Å²) in [4.78, 5) is 33.5. The number of nitrogens with two attached hydrogens (primary N) is 1. The molecule has 0 aliphatic carbocycles. The van der Waals surface area contributed by atoms with E-state index in [0.29, 0.717) is 0 Å². The van der Waals surface area contributed by atoms with Gasteiger partial charge >= 0.3 is 0 Å². The number of rotatable bonds is 6. The van der Waals surface area contributed by atoms with Crippen LogP contribution < -0.4 is 10.6 Å². The van der Waals surface area contributed by atoms with Gasteiger partial charge in [0.2, 0.25) is 23.5 Å². The number of amides is 2. The lowest BCUT2D eigenvalue weighted by molar-refractivity contribution is -0.166. The molecule has 12 heteroatoms. The summed E-state index contributed by atoms with van der Waals surface area (Å²) in [6, 6.07) is 3.61. The van der Waals surface area contributed by atoms with Crippen LogP contribution in [-0.4, -0.2) is 46.2 Å². The second kappa shape index (κ2) is 8.83. The molecular formula is C21H18ClF2N5O4. The maximum atomic E-state index is 15.2. The van der Waals surface area contributed by atoms with E-state index in [4.69, 9.17) is 26.6 Å². The molecule has 0 saturated carbocycles. The molecule has 2 N–H and O–H groups in total. The summed E-state index contributed by atoms with van der Waals surface area (Å²) in [5.74, 6) is -3.76. The number of nitrogens with zero attached hydrogens (tertiary/aromatic N) is 4. The Labute approximate surface area is 191 Å². The van der Waals surface area contributed by atoms with Crippen molar-refractivity contribution in [1.82, 2.24) is 15.1 Å². The summed E-state index contributed by atoms with van der Waals surface area (Å²) < 4.78 is 39.9. The smallest absolute Gasteiger partial charge is 0.247 e. The Morgan fingerprint density at radius 2 is 2.03 bits per heavy atom. The predicted octanol–water partition coefficient (Wildman–Crippen LogP) is 2.89. The fraction of sp³-hybridized carbons (Fsp3) is 0.286. The molecule has 1 aliphatic heterocycles. The normalized spacial score (nSPS) is 17.5. The van der Waals surface area contributed by atoms with Gasteiger partial charge in [0.05, 0.1) is 18.1 Å². The molecule has 2 unspecified atom stereocenters. The van der Waals surface area contributed by atoms with Crippen molar-refractivity contribution in [3.63, 3.8) is 0 Å². The quantitative estimate of drug-likeness (QED) is 0.578. The van der Waals surface area contributed by atoms with Crippen LogP contribution in [-0.2, 0) is 14.3 Å². The second-order valence-electron chi connectivity index (χ2n) is 7.32. The SMILES string of the molecule is CCN(C(=O)C1COC1C(N)=O)c1ncc(-c2cc(Cl)cc(F)c2-c2noc(C)n2)cc1F. The number of aryl methyl sites for hydroxylation is 1. The fourth-order valence-corrected chi connectivity index (χ4v) is 3.79. The van der Waals surface area contributed by atoms with Crippen LogP contribution in [0.3, 0.4) is 0 Å². The van der Waals surface area contributed by atoms with Crippen molar-refractivity contribution >= 4 is 29.2 Å². The Hall–Kier alpha value is -3.44. The molecule has 1 aliphatic rings. The predicted molar refractivity (Wildman–Crippen MR) is 113 cm³/mol. The first-order valence-corrected chi connectivity index (χ1v) is 10.3. The zero-order valence-corrected chi connectivity index (χ0v) is 18.3. The van der Waals surface area contributed by atoms with Crippen molar-refractivity contribution in [2.45, 2.75) is 20.0 Å². The number of carbonyl (C=O) groups is 2. The van der Waals surface area contributed by atoms with E-state index in [1.54, 1.807) is 13.8 Å². The summed E-state index contributed by atoms with van der Waals surface area (Å²) in [5.41, 5.74) is 5.56. The van der Waals surface area contributed by atoms with Crippen molar-refractivity contribution in [2.24, 2.45) is 11.7 Å².